The summed E-state index contributed by atoms with van der Waals surface area (Å²) in [5.74, 6) is 0.775. The number of hydrogen-bond donors (Lipinski definition) is 1. The van der Waals surface area contributed by atoms with Crippen LogP contribution < -0.4 is 10.1 Å². The molecule has 1 amide bonds. The molecule has 0 aliphatic rings. The molecule has 1 atom stereocenters. The molecule has 4 heteroatoms. The van der Waals surface area contributed by atoms with Crippen LogP contribution in [0.15, 0.2) is 48.5 Å². The lowest BCUT2D eigenvalue weighted by molar-refractivity contribution is -0.121. The van der Waals surface area contributed by atoms with E-state index in [0.717, 1.165) is 23.3 Å². The Morgan fingerprint density at radius 3 is 2.45 bits per heavy atom. The van der Waals surface area contributed by atoms with Gasteiger partial charge in [0.1, 0.15) is 5.75 Å². The van der Waals surface area contributed by atoms with Crippen LogP contribution >= 0.6 is 11.6 Å². The first kappa shape index (κ1) is 16.4. The van der Waals surface area contributed by atoms with Crippen molar-refractivity contribution in [3.8, 4) is 5.75 Å². The monoisotopic (exact) mass is 317 g/mol. The Bertz CT molecular complexity index is 625. The van der Waals surface area contributed by atoms with E-state index in [1.807, 2.05) is 49.4 Å². The number of nitrogens with one attached hydrogen (secondary N) is 1. The van der Waals surface area contributed by atoms with E-state index in [1.165, 1.54) is 0 Å². The Balaban J connectivity index is 2.03. The molecule has 0 fully saturated rings. The topological polar surface area (TPSA) is 38.3 Å². The minimum absolute atomic E-state index is 0.0131. The Hall–Kier alpha value is -2.00. The molecule has 2 aromatic carbocycles. The van der Waals surface area contributed by atoms with E-state index in [0.29, 0.717) is 5.02 Å². The fourth-order valence-corrected chi connectivity index (χ4v) is 2.52. The summed E-state index contributed by atoms with van der Waals surface area (Å²) >= 11 is 6.10. The lowest BCUT2D eigenvalue weighted by Gasteiger charge is -2.18. The van der Waals surface area contributed by atoms with Gasteiger partial charge < -0.3 is 10.1 Å². The maximum Gasteiger partial charge on any atom is 0.224 e. The van der Waals surface area contributed by atoms with Crippen molar-refractivity contribution in [2.24, 2.45) is 0 Å². The average molecular weight is 318 g/mol. The number of rotatable bonds is 6. The Morgan fingerprint density at radius 1 is 1.18 bits per heavy atom. The molecule has 2 rings (SSSR count). The summed E-state index contributed by atoms with van der Waals surface area (Å²) < 4.78 is 5.15. The Morgan fingerprint density at radius 2 is 1.86 bits per heavy atom. The van der Waals surface area contributed by atoms with Crippen LogP contribution in [-0.4, -0.2) is 13.0 Å². The SMILES string of the molecule is CC[C@H](NC(=O)Cc1ccccc1Cl)c1ccc(OC)cc1. The largest absolute Gasteiger partial charge is 0.497 e. The van der Waals surface area contributed by atoms with E-state index >= 15 is 0 Å². The summed E-state index contributed by atoms with van der Waals surface area (Å²) in [4.78, 5) is 12.2. The van der Waals surface area contributed by atoms with Gasteiger partial charge in [0.15, 0.2) is 0 Å². The van der Waals surface area contributed by atoms with Crippen LogP contribution in [0, 0.1) is 0 Å². The standard InChI is InChI=1S/C18H20ClNO2/c1-3-17(13-8-10-15(22-2)11-9-13)20-18(21)12-14-6-4-5-7-16(14)19/h4-11,17H,3,12H2,1-2H3,(H,20,21)/t17-/m0/s1. The smallest absolute Gasteiger partial charge is 0.224 e. The molecule has 0 unspecified atom stereocenters. The van der Waals surface area contributed by atoms with E-state index < -0.39 is 0 Å². The lowest BCUT2D eigenvalue weighted by Crippen LogP contribution is -2.29. The molecule has 0 aliphatic heterocycles. The summed E-state index contributed by atoms with van der Waals surface area (Å²) in [6.45, 7) is 2.05. The van der Waals surface area contributed by atoms with Gasteiger partial charge in [0.05, 0.1) is 19.6 Å². The predicted molar refractivity (Wildman–Crippen MR) is 89.3 cm³/mol. The number of benzene rings is 2. The van der Waals surface area contributed by atoms with E-state index in [9.17, 15) is 4.79 Å². The molecule has 0 aliphatic carbocycles. The van der Waals surface area contributed by atoms with Crippen LogP contribution in [0.5, 0.6) is 5.75 Å². The zero-order valence-electron chi connectivity index (χ0n) is 12.8. The predicted octanol–water partition coefficient (Wildman–Crippen LogP) is 4.16. The maximum atomic E-state index is 12.2. The zero-order valence-corrected chi connectivity index (χ0v) is 13.6. The molecule has 2 aromatic rings. The summed E-state index contributed by atoms with van der Waals surface area (Å²) in [7, 11) is 1.64. The first-order valence-corrected chi connectivity index (χ1v) is 7.68. The second-order valence-electron chi connectivity index (χ2n) is 5.07. The van der Waals surface area contributed by atoms with E-state index in [1.54, 1.807) is 13.2 Å². The number of hydrogen-bond acceptors (Lipinski definition) is 2. The van der Waals surface area contributed by atoms with Crippen molar-refractivity contribution < 1.29 is 9.53 Å². The molecule has 22 heavy (non-hydrogen) atoms. The van der Waals surface area contributed by atoms with Gasteiger partial charge in [-0.15, -0.1) is 0 Å². The minimum atomic E-state index is -0.0317. The van der Waals surface area contributed by atoms with Crippen LogP contribution in [0.4, 0.5) is 0 Å². The van der Waals surface area contributed by atoms with Crippen LogP contribution in [-0.2, 0) is 11.2 Å². The fraction of sp³-hybridized carbons (Fsp3) is 0.278. The van der Waals surface area contributed by atoms with Crippen LogP contribution in [0.3, 0.4) is 0 Å². The van der Waals surface area contributed by atoms with Gasteiger partial charge in [-0.05, 0) is 35.7 Å². The lowest BCUT2D eigenvalue weighted by atomic mass is 10.0. The molecule has 0 saturated carbocycles. The molecular weight excluding hydrogens is 298 g/mol. The highest BCUT2D eigenvalue weighted by Crippen LogP contribution is 2.21. The number of carbonyl (C=O) groups is 1. The summed E-state index contributed by atoms with van der Waals surface area (Å²) in [6.07, 6.45) is 1.10. The molecule has 0 spiro atoms. The highest BCUT2D eigenvalue weighted by molar-refractivity contribution is 6.31. The molecule has 1 N–H and O–H groups in total. The first-order chi connectivity index (χ1) is 10.6. The number of ether oxygens (including phenoxy) is 1. The highest BCUT2D eigenvalue weighted by atomic mass is 35.5. The van der Waals surface area contributed by atoms with Gasteiger partial charge in [-0.2, -0.15) is 0 Å². The normalized spacial score (nSPS) is 11.8. The molecule has 0 bridgehead atoms. The van der Waals surface area contributed by atoms with Gasteiger partial charge in [-0.1, -0.05) is 48.9 Å². The van der Waals surface area contributed by atoms with Crippen molar-refractivity contribution >= 4 is 17.5 Å². The molecule has 0 aromatic heterocycles. The van der Waals surface area contributed by atoms with Crippen molar-refractivity contribution in [2.45, 2.75) is 25.8 Å². The zero-order chi connectivity index (χ0) is 15.9. The fourth-order valence-electron chi connectivity index (χ4n) is 2.32. The molecule has 116 valence electrons. The second kappa shape index (κ2) is 7.85. The third kappa shape index (κ3) is 4.25. The molecule has 0 saturated heterocycles. The van der Waals surface area contributed by atoms with Gasteiger partial charge in [0.25, 0.3) is 0 Å². The van der Waals surface area contributed by atoms with Gasteiger partial charge >= 0.3 is 0 Å². The number of halogens is 1. The van der Waals surface area contributed by atoms with E-state index in [4.69, 9.17) is 16.3 Å². The van der Waals surface area contributed by atoms with Crippen LogP contribution in [0.1, 0.15) is 30.5 Å². The second-order valence-corrected chi connectivity index (χ2v) is 5.48. The molecular formula is C18H20ClNO2. The van der Waals surface area contributed by atoms with Crippen molar-refractivity contribution in [2.75, 3.05) is 7.11 Å². The summed E-state index contributed by atoms with van der Waals surface area (Å²) in [5.41, 5.74) is 1.90. The van der Waals surface area contributed by atoms with Gasteiger partial charge in [-0.3, -0.25) is 4.79 Å². The minimum Gasteiger partial charge on any atom is -0.497 e. The number of methoxy groups -OCH3 is 1. The van der Waals surface area contributed by atoms with Gasteiger partial charge in [-0.25, -0.2) is 0 Å². The quantitative estimate of drug-likeness (QED) is 0.868. The van der Waals surface area contributed by atoms with Crippen molar-refractivity contribution in [3.63, 3.8) is 0 Å². The van der Waals surface area contributed by atoms with Gasteiger partial charge in [0, 0.05) is 5.02 Å². The van der Waals surface area contributed by atoms with E-state index in [-0.39, 0.29) is 18.4 Å². The Labute approximate surface area is 136 Å². The number of amides is 1. The third-order valence-corrected chi connectivity index (χ3v) is 3.94. The Kier molecular flexibility index (Phi) is 5.84. The molecule has 0 radical (unpaired) electrons. The van der Waals surface area contributed by atoms with Gasteiger partial charge in [0.2, 0.25) is 5.91 Å². The number of carbonyl (C=O) groups excluding carboxylic acids is 1. The van der Waals surface area contributed by atoms with Crippen molar-refractivity contribution in [1.29, 1.82) is 0 Å². The third-order valence-electron chi connectivity index (χ3n) is 3.57. The maximum absolute atomic E-state index is 12.2. The van der Waals surface area contributed by atoms with Crippen LogP contribution in [0.25, 0.3) is 0 Å². The average Bonchev–Trinajstić information content (AvgIpc) is 2.55. The summed E-state index contributed by atoms with van der Waals surface area (Å²) in [6, 6.07) is 15.1. The van der Waals surface area contributed by atoms with Crippen LogP contribution in [0.2, 0.25) is 5.02 Å². The first-order valence-electron chi connectivity index (χ1n) is 7.30. The van der Waals surface area contributed by atoms with Crippen molar-refractivity contribution in [1.82, 2.24) is 5.32 Å². The molecule has 3 nitrogen and oxygen atoms in total. The van der Waals surface area contributed by atoms with Crippen molar-refractivity contribution in [3.05, 3.63) is 64.7 Å². The molecule has 0 heterocycles. The van der Waals surface area contributed by atoms with E-state index in [2.05, 4.69) is 5.32 Å². The highest BCUT2D eigenvalue weighted by Gasteiger charge is 2.14. The summed E-state index contributed by atoms with van der Waals surface area (Å²) in [5, 5.41) is 3.68.